The third-order valence-electron chi connectivity index (χ3n) is 4.09. The largest absolute Gasteiger partial charge is 0.480 e. The molecule has 0 saturated carbocycles. The number of nitrogens with zero attached hydrogens (tertiary/aromatic N) is 2. The molecule has 0 saturated heterocycles. The van der Waals surface area contributed by atoms with Crippen molar-refractivity contribution >= 4 is 11.0 Å². The highest BCUT2D eigenvalue weighted by Crippen LogP contribution is 2.31. The minimum atomic E-state index is -0.0869. The highest BCUT2D eigenvalue weighted by molar-refractivity contribution is 5.76. The fraction of sp³-hybridized carbons (Fsp3) is 0.556. The van der Waals surface area contributed by atoms with Gasteiger partial charge in [0, 0.05) is 5.41 Å². The molecule has 0 bridgehead atoms. The highest BCUT2D eigenvalue weighted by Gasteiger charge is 2.23. The summed E-state index contributed by atoms with van der Waals surface area (Å²) in [4.78, 5) is 9.45. The van der Waals surface area contributed by atoms with Gasteiger partial charge in [-0.05, 0) is 29.5 Å². The zero-order valence-electron chi connectivity index (χ0n) is 14.2. The van der Waals surface area contributed by atoms with Crippen LogP contribution in [-0.4, -0.2) is 17.1 Å². The van der Waals surface area contributed by atoms with E-state index in [9.17, 15) is 0 Å². The molecule has 0 unspecified atom stereocenters. The molecule has 1 heterocycles. The number of hydrogen-bond acceptors (Lipinski definition) is 3. The van der Waals surface area contributed by atoms with Crippen LogP contribution in [0.2, 0.25) is 0 Å². The number of methoxy groups -OCH3 is 1. The van der Waals surface area contributed by atoms with Crippen LogP contribution < -0.4 is 4.74 Å². The summed E-state index contributed by atoms with van der Waals surface area (Å²) in [7, 11) is 1.66. The SMILES string of the molecule is COc1nc2cc([C@H](C)C(C)C)ccc2nc1C(C)(C)C. The summed E-state index contributed by atoms with van der Waals surface area (Å²) >= 11 is 0. The Morgan fingerprint density at radius 2 is 1.67 bits per heavy atom. The second-order valence-corrected chi connectivity index (χ2v) is 7.11. The Morgan fingerprint density at radius 1 is 1.00 bits per heavy atom. The molecular weight excluding hydrogens is 260 g/mol. The quantitative estimate of drug-likeness (QED) is 0.820. The van der Waals surface area contributed by atoms with Gasteiger partial charge in [-0.2, -0.15) is 0 Å². The molecule has 1 atom stereocenters. The number of fused-ring (bicyclic) bond motifs is 1. The highest BCUT2D eigenvalue weighted by atomic mass is 16.5. The molecule has 0 aliphatic heterocycles. The van der Waals surface area contributed by atoms with Crippen LogP contribution in [0, 0.1) is 5.92 Å². The first kappa shape index (κ1) is 15.7. The van der Waals surface area contributed by atoms with Gasteiger partial charge in [-0.25, -0.2) is 9.97 Å². The van der Waals surface area contributed by atoms with Gasteiger partial charge in [0.05, 0.1) is 18.1 Å². The summed E-state index contributed by atoms with van der Waals surface area (Å²) in [5, 5.41) is 0. The van der Waals surface area contributed by atoms with Crippen LogP contribution in [0.5, 0.6) is 5.88 Å². The molecule has 0 spiro atoms. The van der Waals surface area contributed by atoms with E-state index in [1.807, 2.05) is 0 Å². The van der Waals surface area contributed by atoms with Gasteiger partial charge < -0.3 is 4.74 Å². The van der Waals surface area contributed by atoms with Crippen LogP contribution in [0.1, 0.15) is 58.7 Å². The van der Waals surface area contributed by atoms with E-state index in [1.54, 1.807) is 7.11 Å². The maximum atomic E-state index is 5.45. The smallest absolute Gasteiger partial charge is 0.236 e. The van der Waals surface area contributed by atoms with Gasteiger partial charge in [0.2, 0.25) is 5.88 Å². The van der Waals surface area contributed by atoms with Gasteiger partial charge in [0.25, 0.3) is 0 Å². The van der Waals surface area contributed by atoms with Crippen molar-refractivity contribution in [2.24, 2.45) is 5.92 Å². The maximum Gasteiger partial charge on any atom is 0.236 e. The van der Waals surface area contributed by atoms with Crippen molar-refractivity contribution in [2.75, 3.05) is 7.11 Å². The second kappa shape index (κ2) is 5.63. The topological polar surface area (TPSA) is 35.0 Å². The van der Waals surface area contributed by atoms with Crippen LogP contribution in [0.3, 0.4) is 0 Å². The van der Waals surface area contributed by atoms with Crippen LogP contribution >= 0.6 is 0 Å². The standard InChI is InChI=1S/C18H26N2O/c1-11(2)12(3)13-8-9-14-15(10-13)20-17(21-7)16(19-14)18(4,5)6/h8-12H,1-7H3/t12-/m1/s1. The normalized spacial score (nSPS) is 13.7. The molecule has 2 aromatic rings. The number of hydrogen-bond donors (Lipinski definition) is 0. The van der Waals surface area contributed by atoms with Crippen molar-refractivity contribution in [3.05, 3.63) is 29.5 Å². The molecule has 21 heavy (non-hydrogen) atoms. The lowest BCUT2D eigenvalue weighted by atomic mass is 9.89. The van der Waals surface area contributed by atoms with E-state index in [2.05, 4.69) is 64.7 Å². The number of ether oxygens (including phenoxy) is 1. The van der Waals surface area contributed by atoms with E-state index in [4.69, 9.17) is 9.72 Å². The van der Waals surface area contributed by atoms with Crippen molar-refractivity contribution in [3.8, 4) is 5.88 Å². The zero-order valence-corrected chi connectivity index (χ0v) is 14.2. The van der Waals surface area contributed by atoms with E-state index in [1.165, 1.54) is 5.56 Å². The van der Waals surface area contributed by atoms with Crippen molar-refractivity contribution in [1.82, 2.24) is 9.97 Å². The molecule has 0 N–H and O–H groups in total. The zero-order chi connectivity index (χ0) is 15.8. The van der Waals surface area contributed by atoms with Crippen molar-refractivity contribution in [1.29, 1.82) is 0 Å². The minimum Gasteiger partial charge on any atom is -0.480 e. The number of benzene rings is 1. The van der Waals surface area contributed by atoms with Crippen LogP contribution in [0.25, 0.3) is 11.0 Å². The lowest BCUT2D eigenvalue weighted by Gasteiger charge is -2.21. The molecule has 0 aliphatic carbocycles. The van der Waals surface area contributed by atoms with Gasteiger partial charge in [-0.1, -0.05) is 47.6 Å². The molecule has 2 rings (SSSR count). The molecule has 0 fully saturated rings. The van der Waals surface area contributed by atoms with Crippen LogP contribution in [0.15, 0.2) is 18.2 Å². The van der Waals surface area contributed by atoms with Crippen molar-refractivity contribution in [3.63, 3.8) is 0 Å². The number of aromatic nitrogens is 2. The van der Waals surface area contributed by atoms with E-state index in [-0.39, 0.29) is 5.41 Å². The summed E-state index contributed by atoms with van der Waals surface area (Å²) in [6.45, 7) is 13.1. The predicted molar refractivity (Wildman–Crippen MR) is 88.0 cm³/mol. The summed E-state index contributed by atoms with van der Waals surface area (Å²) in [6.07, 6.45) is 0. The third-order valence-corrected chi connectivity index (χ3v) is 4.09. The Bertz CT molecular complexity index is 641. The first-order chi connectivity index (χ1) is 9.74. The molecule has 0 radical (unpaired) electrons. The summed E-state index contributed by atoms with van der Waals surface area (Å²) in [5.41, 5.74) is 3.96. The Kier molecular flexibility index (Phi) is 4.22. The fourth-order valence-electron chi connectivity index (χ4n) is 2.35. The van der Waals surface area contributed by atoms with E-state index < -0.39 is 0 Å². The molecule has 3 nitrogen and oxygen atoms in total. The first-order valence-corrected chi connectivity index (χ1v) is 7.60. The van der Waals surface area contributed by atoms with E-state index in [0.717, 1.165) is 16.7 Å². The molecule has 114 valence electrons. The average molecular weight is 286 g/mol. The Labute approximate surface area is 127 Å². The molecule has 0 aliphatic rings. The predicted octanol–water partition coefficient (Wildman–Crippen LogP) is 4.70. The van der Waals surface area contributed by atoms with Gasteiger partial charge >= 0.3 is 0 Å². The van der Waals surface area contributed by atoms with Gasteiger partial charge in [0.15, 0.2) is 0 Å². The second-order valence-electron chi connectivity index (χ2n) is 7.11. The van der Waals surface area contributed by atoms with Gasteiger partial charge in [0.1, 0.15) is 5.69 Å². The van der Waals surface area contributed by atoms with Crippen LogP contribution in [0.4, 0.5) is 0 Å². The molecule has 1 aromatic carbocycles. The minimum absolute atomic E-state index is 0.0869. The summed E-state index contributed by atoms with van der Waals surface area (Å²) in [5.74, 6) is 1.74. The van der Waals surface area contributed by atoms with Crippen molar-refractivity contribution < 1.29 is 4.74 Å². The van der Waals surface area contributed by atoms with Crippen molar-refractivity contribution in [2.45, 2.75) is 52.9 Å². The Hall–Kier alpha value is -1.64. The van der Waals surface area contributed by atoms with E-state index in [0.29, 0.717) is 17.7 Å². The van der Waals surface area contributed by atoms with Crippen LogP contribution in [-0.2, 0) is 5.41 Å². The Balaban J connectivity index is 2.60. The maximum absolute atomic E-state index is 5.45. The van der Waals surface area contributed by atoms with Gasteiger partial charge in [-0.3, -0.25) is 0 Å². The fourth-order valence-corrected chi connectivity index (χ4v) is 2.35. The molecule has 1 aromatic heterocycles. The van der Waals surface area contributed by atoms with Gasteiger partial charge in [-0.15, -0.1) is 0 Å². The molecule has 3 heteroatoms. The molecular formula is C18H26N2O. The number of rotatable bonds is 3. The lowest BCUT2D eigenvalue weighted by molar-refractivity contribution is 0.377. The monoisotopic (exact) mass is 286 g/mol. The summed E-state index contributed by atoms with van der Waals surface area (Å²) < 4.78 is 5.45. The average Bonchev–Trinajstić information content (AvgIpc) is 2.43. The first-order valence-electron chi connectivity index (χ1n) is 7.60. The summed E-state index contributed by atoms with van der Waals surface area (Å²) in [6, 6.07) is 6.38. The van der Waals surface area contributed by atoms with E-state index >= 15 is 0 Å². The lowest BCUT2D eigenvalue weighted by Crippen LogP contribution is -2.16. The third kappa shape index (κ3) is 3.17. The Morgan fingerprint density at radius 3 is 2.19 bits per heavy atom. The molecule has 0 amide bonds.